The molecule has 2 atom stereocenters. The molecule has 0 saturated heterocycles. The van der Waals surface area contributed by atoms with Gasteiger partial charge in [-0.1, -0.05) is 19.8 Å². The largest absolute Gasteiger partial charge is 0.508 e. The topological polar surface area (TPSA) is 40.5 Å². The Morgan fingerprint density at radius 2 is 2.11 bits per heavy atom. The molecule has 0 spiro atoms. The van der Waals surface area contributed by atoms with Crippen LogP contribution in [0.1, 0.15) is 32.6 Å². The fraction of sp³-hybridized carbons (Fsp3) is 0.562. The number of phenols is 1. The first-order chi connectivity index (χ1) is 9.04. The van der Waals surface area contributed by atoms with Gasteiger partial charge in [0.25, 0.3) is 0 Å². The molecule has 0 heterocycles. The highest BCUT2D eigenvalue weighted by molar-refractivity contribution is 5.62. The van der Waals surface area contributed by atoms with Gasteiger partial charge in [0.1, 0.15) is 12.0 Å². The highest BCUT2D eigenvalue weighted by Gasteiger charge is 2.35. The average Bonchev–Trinajstić information content (AvgIpc) is 2.39. The second-order valence-electron chi connectivity index (χ2n) is 6.05. The first-order valence-corrected chi connectivity index (χ1v) is 7.01. The van der Waals surface area contributed by atoms with Crippen LogP contribution in [0.3, 0.4) is 0 Å². The van der Waals surface area contributed by atoms with E-state index in [0.717, 1.165) is 31.5 Å². The van der Waals surface area contributed by atoms with E-state index in [9.17, 15) is 9.90 Å². The van der Waals surface area contributed by atoms with Gasteiger partial charge in [-0.05, 0) is 43.0 Å². The lowest BCUT2D eigenvalue weighted by molar-refractivity contribution is -0.118. The summed E-state index contributed by atoms with van der Waals surface area (Å²) in [5.74, 6) is 0.903. The van der Waals surface area contributed by atoms with Crippen molar-refractivity contribution < 1.29 is 9.90 Å². The zero-order valence-corrected chi connectivity index (χ0v) is 11.8. The van der Waals surface area contributed by atoms with Crippen molar-refractivity contribution in [2.45, 2.75) is 32.6 Å². The Bertz CT molecular complexity index is 429. The highest BCUT2D eigenvalue weighted by Crippen LogP contribution is 2.39. The van der Waals surface area contributed by atoms with Crippen LogP contribution < -0.4 is 4.90 Å². The normalized spacial score (nSPS) is 26.9. The molecule has 104 valence electrons. The smallest absolute Gasteiger partial charge is 0.127 e. The zero-order valence-electron chi connectivity index (χ0n) is 11.8. The fourth-order valence-electron chi connectivity index (χ4n) is 3.26. The van der Waals surface area contributed by atoms with Gasteiger partial charge < -0.3 is 14.8 Å². The maximum absolute atomic E-state index is 11.6. The number of carbonyl (C=O) groups is 1. The predicted molar refractivity (Wildman–Crippen MR) is 77.5 cm³/mol. The number of aldehydes is 1. The minimum absolute atomic E-state index is 0.204. The molecule has 1 saturated carbocycles. The number of carbonyl (C=O) groups excluding carboxylic acids is 1. The summed E-state index contributed by atoms with van der Waals surface area (Å²) in [5, 5.41) is 9.32. The Morgan fingerprint density at radius 1 is 1.42 bits per heavy atom. The van der Waals surface area contributed by atoms with Crippen LogP contribution in [0.2, 0.25) is 0 Å². The second-order valence-corrected chi connectivity index (χ2v) is 6.05. The Hall–Kier alpha value is -1.51. The standard InChI is InChI=1S/C16H23NO2/c1-13-4-3-9-16(10-13,12-18)11-17(2)14-5-7-15(19)8-6-14/h5-8,12-13,19H,3-4,9-11H2,1-2H3. The van der Waals surface area contributed by atoms with E-state index in [-0.39, 0.29) is 11.2 Å². The molecule has 1 aliphatic carbocycles. The summed E-state index contributed by atoms with van der Waals surface area (Å²) < 4.78 is 0. The number of benzene rings is 1. The molecule has 1 N–H and O–H groups in total. The molecule has 1 fully saturated rings. The van der Waals surface area contributed by atoms with E-state index in [4.69, 9.17) is 0 Å². The summed E-state index contributed by atoms with van der Waals surface area (Å²) in [7, 11) is 2.01. The van der Waals surface area contributed by atoms with Crippen LogP contribution in [0.25, 0.3) is 0 Å². The van der Waals surface area contributed by atoms with E-state index < -0.39 is 0 Å². The molecule has 0 amide bonds. The summed E-state index contributed by atoms with van der Waals surface area (Å²) in [6.07, 6.45) is 5.52. The number of aromatic hydroxyl groups is 1. The summed E-state index contributed by atoms with van der Waals surface area (Å²) in [5.41, 5.74) is 0.835. The van der Waals surface area contributed by atoms with E-state index in [1.807, 2.05) is 19.2 Å². The van der Waals surface area contributed by atoms with Gasteiger partial charge in [0, 0.05) is 24.7 Å². The van der Waals surface area contributed by atoms with Gasteiger partial charge in [-0.3, -0.25) is 0 Å². The molecule has 19 heavy (non-hydrogen) atoms. The molecule has 2 rings (SSSR count). The lowest BCUT2D eigenvalue weighted by Gasteiger charge is -2.39. The zero-order chi connectivity index (χ0) is 13.9. The van der Waals surface area contributed by atoms with Gasteiger partial charge in [-0.15, -0.1) is 0 Å². The second kappa shape index (κ2) is 5.64. The molecular formula is C16H23NO2. The number of nitrogens with zero attached hydrogens (tertiary/aromatic N) is 1. The predicted octanol–water partition coefficient (Wildman–Crippen LogP) is 3.22. The molecule has 1 aromatic carbocycles. The molecule has 0 aromatic heterocycles. The molecule has 0 radical (unpaired) electrons. The van der Waals surface area contributed by atoms with Gasteiger partial charge in [0.05, 0.1) is 0 Å². The maximum atomic E-state index is 11.6. The minimum Gasteiger partial charge on any atom is -0.508 e. The van der Waals surface area contributed by atoms with Gasteiger partial charge in [0.2, 0.25) is 0 Å². The van der Waals surface area contributed by atoms with Crippen molar-refractivity contribution in [2.75, 3.05) is 18.5 Å². The van der Waals surface area contributed by atoms with Gasteiger partial charge in [-0.25, -0.2) is 0 Å². The summed E-state index contributed by atoms with van der Waals surface area (Å²) in [4.78, 5) is 13.7. The van der Waals surface area contributed by atoms with Crippen molar-refractivity contribution in [3.8, 4) is 5.75 Å². The van der Waals surface area contributed by atoms with Crippen molar-refractivity contribution in [1.82, 2.24) is 0 Å². The third kappa shape index (κ3) is 3.28. The van der Waals surface area contributed by atoms with E-state index >= 15 is 0 Å². The van der Waals surface area contributed by atoms with Crippen molar-refractivity contribution >= 4 is 12.0 Å². The third-order valence-corrected chi connectivity index (χ3v) is 4.22. The molecular weight excluding hydrogens is 238 g/mol. The van der Waals surface area contributed by atoms with Crippen LogP contribution in [0.5, 0.6) is 5.75 Å². The van der Waals surface area contributed by atoms with Crippen molar-refractivity contribution in [3.63, 3.8) is 0 Å². The van der Waals surface area contributed by atoms with Crippen LogP contribution in [0.4, 0.5) is 5.69 Å². The van der Waals surface area contributed by atoms with Crippen molar-refractivity contribution in [2.24, 2.45) is 11.3 Å². The Balaban J connectivity index is 2.09. The molecule has 1 aromatic rings. The SMILES string of the molecule is CC1CCCC(C=O)(CN(C)c2ccc(O)cc2)C1. The van der Waals surface area contributed by atoms with E-state index in [2.05, 4.69) is 11.8 Å². The monoisotopic (exact) mass is 261 g/mol. The van der Waals surface area contributed by atoms with E-state index in [1.165, 1.54) is 12.7 Å². The van der Waals surface area contributed by atoms with Crippen molar-refractivity contribution in [3.05, 3.63) is 24.3 Å². The lowest BCUT2D eigenvalue weighted by Crippen LogP contribution is -2.40. The van der Waals surface area contributed by atoms with Crippen LogP contribution in [-0.4, -0.2) is 25.0 Å². The third-order valence-electron chi connectivity index (χ3n) is 4.22. The molecule has 2 unspecified atom stereocenters. The first-order valence-electron chi connectivity index (χ1n) is 7.01. The molecule has 3 nitrogen and oxygen atoms in total. The molecule has 0 aliphatic heterocycles. The van der Waals surface area contributed by atoms with Gasteiger partial charge in [-0.2, -0.15) is 0 Å². The lowest BCUT2D eigenvalue weighted by atomic mass is 9.70. The molecule has 0 bridgehead atoms. The molecule has 1 aliphatic rings. The molecule has 3 heteroatoms. The summed E-state index contributed by atoms with van der Waals surface area (Å²) in [6.45, 7) is 2.99. The van der Waals surface area contributed by atoms with E-state index in [0.29, 0.717) is 5.92 Å². The average molecular weight is 261 g/mol. The minimum atomic E-state index is -0.204. The summed E-state index contributed by atoms with van der Waals surface area (Å²) in [6, 6.07) is 7.14. The Kier molecular flexibility index (Phi) is 4.13. The Morgan fingerprint density at radius 3 is 2.68 bits per heavy atom. The van der Waals surface area contributed by atoms with Crippen LogP contribution in [-0.2, 0) is 4.79 Å². The quantitative estimate of drug-likeness (QED) is 0.846. The summed E-state index contributed by atoms with van der Waals surface area (Å²) >= 11 is 0. The van der Waals surface area contributed by atoms with Crippen LogP contribution in [0.15, 0.2) is 24.3 Å². The number of phenolic OH excluding ortho intramolecular Hbond substituents is 1. The van der Waals surface area contributed by atoms with Gasteiger partial charge >= 0.3 is 0 Å². The first kappa shape index (κ1) is 13.9. The fourth-order valence-corrected chi connectivity index (χ4v) is 3.26. The number of rotatable bonds is 4. The van der Waals surface area contributed by atoms with Gasteiger partial charge in [0.15, 0.2) is 0 Å². The number of anilines is 1. The maximum Gasteiger partial charge on any atom is 0.127 e. The Labute approximate surface area is 115 Å². The van der Waals surface area contributed by atoms with Crippen LogP contribution in [0, 0.1) is 11.3 Å². The number of hydrogen-bond acceptors (Lipinski definition) is 3. The highest BCUT2D eigenvalue weighted by atomic mass is 16.3. The van der Waals surface area contributed by atoms with Crippen molar-refractivity contribution in [1.29, 1.82) is 0 Å². The van der Waals surface area contributed by atoms with E-state index in [1.54, 1.807) is 12.1 Å². The number of hydrogen-bond donors (Lipinski definition) is 1. The van der Waals surface area contributed by atoms with Crippen LogP contribution >= 0.6 is 0 Å².